The van der Waals surface area contributed by atoms with Crippen molar-refractivity contribution in [3.05, 3.63) is 65.7 Å². The molecule has 0 aliphatic carbocycles. The van der Waals surface area contributed by atoms with Gasteiger partial charge < -0.3 is 0 Å². The lowest BCUT2D eigenvalue weighted by Gasteiger charge is -2.09. The Morgan fingerprint density at radius 2 is 1.88 bits per heavy atom. The Bertz CT molecular complexity index is 717. The molecule has 1 amide bonds. The maximum absolute atomic E-state index is 12.6. The van der Waals surface area contributed by atoms with Gasteiger partial charge in [-0.1, -0.05) is 30.3 Å². The van der Waals surface area contributed by atoms with Crippen LogP contribution in [0.3, 0.4) is 0 Å². The average Bonchev–Trinajstić information content (AvgIpc) is 2.55. The van der Waals surface area contributed by atoms with Crippen molar-refractivity contribution >= 4 is 23.9 Å². The standard InChI is InChI=1S/C17H15F3N2OS/c1-12(24-15-8-3-2-4-9-15)16(23)22-21-11-13-6-5-7-14(10-13)17(18,19)20/h2-12H,1H3,(H,22,23)/b21-11+. The number of nitrogens with one attached hydrogen (secondary N) is 1. The van der Waals surface area contributed by atoms with E-state index in [9.17, 15) is 18.0 Å². The molecule has 1 unspecified atom stereocenters. The first-order valence-electron chi connectivity index (χ1n) is 7.08. The number of hydrogen-bond acceptors (Lipinski definition) is 3. The van der Waals surface area contributed by atoms with E-state index >= 15 is 0 Å². The molecule has 2 rings (SSSR count). The number of carbonyl (C=O) groups is 1. The Labute approximate surface area is 142 Å². The first-order valence-corrected chi connectivity index (χ1v) is 7.96. The topological polar surface area (TPSA) is 41.5 Å². The summed E-state index contributed by atoms with van der Waals surface area (Å²) in [5.74, 6) is -0.327. The number of halogens is 3. The molecule has 3 nitrogen and oxygen atoms in total. The van der Waals surface area contributed by atoms with Gasteiger partial charge in [0, 0.05) is 4.90 Å². The summed E-state index contributed by atoms with van der Waals surface area (Å²) >= 11 is 1.37. The van der Waals surface area contributed by atoms with E-state index in [1.165, 1.54) is 30.1 Å². The number of alkyl halides is 3. The maximum Gasteiger partial charge on any atom is 0.416 e. The van der Waals surface area contributed by atoms with Crippen molar-refractivity contribution in [3.63, 3.8) is 0 Å². The number of hydrazone groups is 1. The van der Waals surface area contributed by atoms with Crippen LogP contribution in [0.25, 0.3) is 0 Å². The molecule has 0 saturated carbocycles. The smallest absolute Gasteiger partial charge is 0.272 e. The first-order chi connectivity index (χ1) is 11.4. The van der Waals surface area contributed by atoms with Gasteiger partial charge in [-0.05, 0) is 36.8 Å². The Kier molecular flexibility index (Phi) is 6.03. The molecule has 24 heavy (non-hydrogen) atoms. The number of benzene rings is 2. The van der Waals surface area contributed by atoms with Crippen molar-refractivity contribution in [1.29, 1.82) is 0 Å². The molecular weight excluding hydrogens is 337 g/mol. The Hall–Kier alpha value is -2.28. The summed E-state index contributed by atoms with van der Waals surface area (Å²) in [5.41, 5.74) is 1.84. The summed E-state index contributed by atoms with van der Waals surface area (Å²) in [6, 6.07) is 14.1. The van der Waals surface area contributed by atoms with Crippen LogP contribution in [0.5, 0.6) is 0 Å². The second kappa shape index (κ2) is 8.01. The number of carbonyl (C=O) groups excluding carboxylic acids is 1. The van der Waals surface area contributed by atoms with Crippen molar-refractivity contribution in [2.75, 3.05) is 0 Å². The predicted octanol–water partition coefficient (Wildman–Crippen LogP) is 4.34. The molecule has 0 spiro atoms. The molecule has 0 saturated heterocycles. The minimum atomic E-state index is -4.41. The highest BCUT2D eigenvalue weighted by atomic mass is 32.2. The fourth-order valence-electron chi connectivity index (χ4n) is 1.81. The van der Waals surface area contributed by atoms with E-state index in [0.717, 1.165) is 17.0 Å². The zero-order chi connectivity index (χ0) is 17.6. The molecule has 0 radical (unpaired) electrons. The summed E-state index contributed by atoms with van der Waals surface area (Å²) in [4.78, 5) is 12.9. The minimum Gasteiger partial charge on any atom is -0.272 e. The van der Waals surface area contributed by atoms with Crippen LogP contribution in [0.15, 0.2) is 64.6 Å². The van der Waals surface area contributed by atoms with Gasteiger partial charge in [-0.15, -0.1) is 11.8 Å². The van der Waals surface area contributed by atoms with Gasteiger partial charge in [0.05, 0.1) is 17.0 Å². The zero-order valence-electron chi connectivity index (χ0n) is 12.7. The molecule has 2 aromatic carbocycles. The van der Waals surface area contributed by atoms with Crippen LogP contribution >= 0.6 is 11.8 Å². The van der Waals surface area contributed by atoms with Gasteiger partial charge in [0.15, 0.2) is 0 Å². The summed E-state index contributed by atoms with van der Waals surface area (Å²) in [6.45, 7) is 1.73. The molecule has 1 N–H and O–H groups in total. The van der Waals surface area contributed by atoms with E-state index < -0.39 is 11.7 Å². The number of hydrogen-bond donors (Lipinski definition) is 1. The van der Waals surface area contributed by atoms with E-state index in [1.807, 2.05) is 30.3 Å². The quantitative estimate of drug-likeness (QED) is 0.494. The molecule has 0 bridgehead atoms. The summed E-state index contributed by atoms with van der Waals surface area (Å²) < 4.78 is 37.8. The van der Waals surface area contributed by atoms with Gasteiger partial charge in [-0.2, -0.15) is 18.3 Å². The Morgan fingerprint density at radius 3 is 2.54 bits per heavy atom. The number of rotatable bonds is 5. The highest BCUT2D eigenvalue weighted by Crippen LogP contribution is 2.29. The predicted molar refractivity (Wildman–Crippen MR) is 88.9 cm³/mol. The molecule has 7 heteroatoms. The van der Waals surface area contributed by atoms with Crippen molar-refractivity contribution in [2.45, 2.75) is 23.2 Å². The number of amides is 1. The van der Waals surface area contributed by atoms with Crippen molar-refractivity contribution < 1.29 is 18.0 Å². The molecular formula is C17H15F3N2OS. The maximum atomic E-state index is 12.6. The van der Waals surface area contributed by atoms with Crippen LogP contribution in [0.1, 0.15) is 18.1 Å². The first kappa shape index (κ1) is 18.1. The molecule has 0 fully saturated rings. The van der Waals surface area contributed by atoms with Gasteiger partial charge >= 0.3 is 6.18 Å². The fraction of sp³-hybridized carbons (Fsp3) is 0.176. The Morgan fingerprint density at radius 1 is 1.17 bits per heavy atom. The van der Waals surface area contributed by atoms with Crippen molar-refractivity contribution in [3.8, 4) is 0 Å². The van der Waals surface area contributed by atoms with Crippen LogP contribution in [0, 0.1) is 0 Å². The van der Waals surface area contributed by atoms with Crippen molar-refractivity contribution in [1.82, 2.24) is 5.43 Å². The highest BCUT2D eigenvalue weighted by Gasteiger charge is 2.30. The normalized spacial score (nSPS) is 13.0. The van der Waals surface area contributed by atoms with Gasteiger partial charge in [0.2, 0.25) is 0 Å². The van der Waals surface area contributed by atoms with Crippen LogP contribution in [0.2, 0.25) is 0 Å². The van der Waals surface area contributed by atoms with Crippen molar-refractivity contribution in [2.24, 2.45) is 5.10 Å². The van der Waals surface area contributed by atoms with Crippen LogP contribution in [-0.4, -0.2) is 17.4 Å². The van der Waals surface area contributed by atoms with E-state index in [1.54, 1.807) is 6.92 Å². The molecule has 0 heterocycles. The highest BCUT2D eigenvalue weighted by molar-refractivity contribution is 8.00. The van der Waals surface area contributed by atoms with Crippen LogP contribution in [-0.2, 0) is 11.0 Å². The molecule has 0 aromatic heterocycles. The molecule has 1 atom stereocenters. The summed E-state index contributed by atoms with van der Waals surface area (Å²) in [5, 5.41) is 3.34. The monoisotopic (exact) mass is 352 g/mol. The van der Waals surface area contributed by atoms with E-state index in [4.69, 9.17) is 0 Å². The van der Waals surface area contributed by atoms with E-state index in [0.29, 0.717) is 0 Å². The molecule has 0 aliphatic heterocycles. The zero-order valence-corrected chi connectivity index (χ0v) is 13.6. The molecule has 2 aromatic rings. The molecule has 0 aliphatic rings. The lowest BCUT2D eigenvalue weighted by Crippen LogP contribution is -2.26. The number of thioether (sulfide) groups is 1. The fourth-order valence-corrected chi connectivity index (χ4v) is 2.70. The molecule has 126 valence electrons. The van der Waals surface area contributed by atoms with Gasteiger partial charge in [0.25, 0.3) is 5.91 Å². The summed E-state index contributed by atoms with van der Waals surface area (Å²) in [6.07, 6.45) is -3.22. The van der Waals surface area contributed by atoms with Gasteiger partial charge in [0.1, 0.15) is 0 Å². The van der Waals surface area contributed by atoms with Gasteiger partial charge in [-0.25, -0.2) is 5.43 Å². The Balaban J connectivity index is 1.92. The van der Waals surface area contributed by atoms with Crippen LogP contribution < -0.4 is 5.43 Å². The minimum absolute atomic E-state index is 0.258. The third-order valence-corrected chi connectivity index (χ3v) is 4.14. The second-order valence-corrected chi connectivity index (χ2v) is 6.34. The number of nitrogens with zero attached hydrogens (tertiary/aromatic N) is 1. The lowest BCUT2D eigenvalue weighted by atomic mass is 10.1. The third-order valence-electron chi connectivity index (χ3n) is 3.03. The van der Waals surface area contributed by atoms with Gasteiger partial charge in [-0.3, -0.25) is 4.79 Å². The van der Waals surface area contributed by atoms with Crippen LogP contribution in [0.4, 0.5) is 13.2 Å². The largest absolute Gasteiger partial charge is 0.416 e. The average molecular weight is 352 g/mol. The second-order valence-electron chi connectivity index (χ2n) is 4.93. The van der Waals surface area contributed by atoms with E-state index in [2.05, 4.69) is 10.5 Å². The lowest BCUT2D eigenvalue weighted by molar-refractivity contribution is -0.137. The SMILES string of the molecule is CC(Sc1ccccc1)C(=O)N/N=C/c1cccc(C(F)(F)F)c1. The summed E-state index contributed by atoms with van der Waals surface area (Å²) in [7, 11) is 0. The van der Waals surface area contributed by atoms with E-state index in [-0.39, 0.29) is 16.7 Å². The third kappa shape index (κ3) is 5.42.